The van der Waals surface area contributed by atoms with Crippen LogP contribution in [0.1, 0.15) is 43.7 Å². The Morgan fingerprint density at radius 1 is 0.891 bits per heavy atom. The molecule has 1 aliphatic rings. The molecule has 14 heteroatoms. The summed E-state index contributed by atoms with van der Waals surface area (Å²) in [4.78, 5) is 40.6. The SMILES string of the molecule is CNc1cc2c(cc1[N+](=O)[O-])c(=O)[nH]c(=O)n2[C@@H]1O[C@@H](COC(c2ccccc2)(c2ccc(OC)cc2)c2ccc(OC)cc2)[CH][C@H]1O[Si](C)(C)C(C)(C)C. The fourth-order valence-electron chi connectivity index (χ4n) is 6.70. The zero-order valence-corrected chi connectivity index (χ0v) is 33.2. The number of anilines is 1. The standard InChI is InChI=1S/C41H47N4O9Si/c1-40(2,3)55(7,8)54-36-22-31(53-38(36)44-34-24-33(42-4)35(45(48)49)23-32(34)37(46)43-39(44)47)25-52-41(26-12-10-9-11-13-26,27-14-18-29(50-5)19-15-27)28-16-20-30(51-6)21-17-28/h9-24,31,36,38,42H,25H2,1-8H3,(H,43,46,47)/t31-,36-,38-/m1/s1. The van der Waals surface area contributed by atoms with Gasteiger partial charge in [0.15, 0.2) is 14.5 Å². The van der Waals surface area contributed by atoms with E-state index < -0.39 is 48.5 Å². The number of aromatic amines is 1. The van der Waals surface area contributed by atoms with Gasteiger partial charge in [-0.25, -0.2) is 4.79 Å². The molecule has 0 bridgehead atoms. The fraction of sp³-hybridized carbons (Fsp3) is 0.341. The van der Waals surface area contributed by atoms with Gasteiger partial charge in [0, 0.05) is 19.5 Å². The monoisotopic (exact) mass is 767 g/mol. The van der Waals surface area contributed by atoms with Gasteiger partial charge in [-0.15, -0.1) is 0 Å². The molecule has 1 fully saturated rings. The van der Waals surface area contributed by atoms with E-state index in [-0.39, 0.29) is 33.9 Å². The zero-order chi connectivity index (χ0) is 39.7. The van der Waals surface area contributed by atoms with Crippen LogP contribution in [0.3, 0.4) is 0 Å². The largest absolute Gasteiger partial charge is 0.497 e. The number of ether oxygens (including phenoxy) is 4. The molecular weight excluding hydrogens is 721 g/mol. The zero-order valence-electron chi connectivity index (χ0n) is 32.2. The third-order valence-corrected chi connectivity index (χ3v) is 15.1. The summed E-state index contributed by atoms with van der Waals surface area (Å²) in [6, 6.07) is 27.8. The van der Waals surface area contributed by atoms with Crippen LogP contribution in [0.2, 0.25) is 18.1 Å². The van der Waals surface area contributed by atoms with Gasteiger partial charge in [-0.2, -0.15) is 0 Å². The minimum Gasteiger partial charge on any atom is -0.497 e. The van der Waals surface area contributed by atoms with Gasteiger partial charge >= 0.3 is 5.69 Å². The van der Waals surface area contributed by atoms with Gasteiger partial charge in [0.2, 0.25) is 0 Å². The van der Waals surface area contributed by atoms with Gasteiger partial charge in [-0.3, -0.25) is 24.5 Å². The topological polar surface area (TPSA) is 156 Å². The number of fused-ring (bicyclic) bond motifs is 1. The highest BCUT2D eigenvalue weighted by Crippen LogP contribution is 2.45. The van der Waals surface area contributed by atoms with E-state index in [1.165, 1.54) is 17.7 Å². The minimum atomic E-state index is -2.51. The van der Waals surface area contributed by atoms with Crippen LogP contribution in [0.5, 0.6) is 11.5 Å². The van der Waals surface area contributed by atoms with Crippen LogP contribution in [0.25, 0.3) is 10.9 Å². The van der Waals surface area contributed by atoms with E-state index in [0.29, 0.717) is 11.5 Å². The highest BCUT2D eigenvalue weighted by Gasteiger charge is 2.47. The van der Waals surface area contributed by atoms with Crippen LogP contribution in [0.4, 0.5) is 11.4 Å². The molecule has 6 rings (SSSR count). The van der Waals surface area contributed by atoms with Gasteiger partial charge in [-0.05, 0) is 65.2 Å². The van der Waals surface area contributed by atoms with E-state index in [2.05, 4.69) is 44.2 Å². The molecule has 2 N–H and O–H groups in total. The van der Waals surface area contributed by atoms with Gasteiger partial charge in [-0.1, -0.05) is 75.4 Å². The summed E-state index contributed by atoms with van der Waals surface area (Å²) in [6.45, 7) is 10.6. The van der Waals surface area contributed by atoms with Crippen LogP contribution < -0.4 is 26.0 Å². The van der Waals surface area contributed by atoms with Crippen molar-refractivity contribution >= 4 is 30.6 Å². The molecule has 1 radical (unpaired) electrons. The highest BCUT2D eigenvalue weighted by atomic mass is 28.4. The first kappa shape index (κ1) is 39.4. The summed E-state index contributed by atoms with van der Waals surface area (Å²) in [7, 11) is 2.25. The van der Waals surface area contributed by atoms with Crippen molar-refractivity contribution in [3.05, 3.63) is 145 Å². The normalized spacial score (nSPS) is 17.6. The van der Waals surface area contributed by atoms with Crippen molar-refractivity contribution < 1.29 is 28.3 Å². The first-order valence-corrected chi connectivity index (χ1v) is 20.9. The van der Waals surface area contributed by atoms with Gasteiger partial charge in [0.1, 0.15) is 22.8 Å². The molecule has 1 aliphatic heterocycles. The molecule has 13 nitrogen and oxygen atoms in total. The van der Waals surface area contributed by atoms with Crippen LogP contribution in [-0.4, -0.2) is 62.9 Å². The predicted octanol–water partition coefficient (Wildman–Crippen LogP) is 7.16. The summed E-state index contributed by atoms with van der Waals surface area (Å²) in [5.41, 5.74) is -0.140. The summed E-state index contributed by atoms with van der Waals surface area (Å²) in [5.74, 6) is 1.37. The molecule has 5 aromatic rings. The molecular formula is C41H47N4O9Si. The van der Waals surface area contributed by atoms with Crippen molar-refractivity contribution in [2.45, 2.75) is 62.9 Å². The smallest absolute Gasteiger partial charge is 0.331 e. The highest BCUT2D eigenvalue weighted by molar-refractivity contribution is 6.74. The molecule has 0 spiro atoms. The Bertz CT molecular complexity index is 2220. The Kier molecular flexibility index (Phi) is 11.1. The number of hydrogen-bond donors (Lipinski definition) is 2. The van der Waals surface area contributed by atoms with Crippen molar-refractivity contribution in [1.82, 2.24) is 9.55 Å². The number of nitro benzene ring substituents is 1. The number of methoxy groups -OCH3 is 2. The van der Waals surface area contributed by atoms with E-state index in [1.54, 1.807) is 14.2 Å². The summed E-state index contributed by atoms with van der Waals surface area (Å²) < 4.78 is 33.1. The number of aromatic nitrogens is 2. The van der Waals surface area contributed by atoms with E-state index in [4.69, 9.17) is 23.4 Å². The first-order valence-electron chi connectivity index (χ1n) is 17.9. The Hall–Kier alpha value is -5.28. The molecule has 0 saturated carbocycles. The van der Waals surface area contributed by atoms with Crippen molar-refractivity contribution in [2.75, 3.05) is 33.2 Å². The fourth-order valence-corrected chi connectivity index (χ4v) is 7.93. The lowest BCUT2D eigenvalue weighted by Crippen LogP contribution is -2.46. The Morgan fingerprint density at radius 2 is 1.45 bits per heavy atom. The van der Waals surface area contributed by atoms with Crippen LogP contribution in [0, 0.1) is 16.5 Å². The van der Waals surface area contributed by atoms with Crippen molar-refractivity contribution in [3.63, 3.8) is 0 Å². The molecule has 0 unspecified atom stereocenters. The average molecular weight is 768 g/mol. The first-order chi connectivity index (χ1) is 26.1. The van der Waals surface area contributed by atoms with E-state index >= 15 is 0 Å². The number of benzene rings is 4. The maximum absolute atomic E-state index is 13.8. The Labute approximate surface area is 320 Å². The third kappa shape index (κ3) is 7.54. The van der Waals surface area contributed by atoms with Crippen LogP contribution in [-0.2, 0) is 19.5 Å². The van der Waals surface area contributed by atoms with Gasteiger partial charge in [0.05, 0.1) is 48.9 Å². The maximum atomic E-state index is 13.8. The van der Waals surface area contributed by atoms with E-state index in [1.807, 2.05) is 85.3 Å². The molecule has 2 heterocycles. The maximum Gasteiger partial charge on any atom is 0.331 e. The Balaban J connectivity index is 1.48. The molecule has 55 heavy (non-hydrogen) atoms. The number of rotatable bonds is 13. The number of hydrogen-bond acceptors (Lipinski definition) is 10. The quantitative estimate of drug-likeness (QED) is 0.0546. The van der Waals surface area contributed by atoms with Gasteiger partial charge in [0.25, 0.3) is 11.2 Å². The second kappa shape index (κ2) is 15.5. The molecule has 289 valence electrons. The van der Waals surface area contributed by atoms with E-state index in [9.17, 15) is 19.7 Å². The lowest BCUT2D eigenvalue weighted by molar-refractivity contribution is -0.383. The molecule has 1 aromatic heterocycles. The van der Waals surface area contributed by atoms with Crippen molar-refractivity contribution in [1.29, 1.82) is 0 Å². The molecule has 3 atom stereocenters. The van der Waals surface area contributed by atoms with E-state index in [0.717, 1.165) is 22.8 Å². The average Bonchev–Trinajstić information content (AvgIpc) is 3.55. The molecule has 0 aliphatic carbocycles. The summed E-state index contributed by atoms with van der Waals surface area (Å²) in [5, 5.41) is 14.5. The molecule has 4 aromatic carbocycles. The number of nitro groups is 1. The van der Waals surface area contributed by atoms with Crippen molar-refractivity contribution in [3.8, 4) is 11.5 Å². The van der Waals surface area contributed by atoms with Crippen LogP contribution >= 0.6 is 0 Å². The van der Waals surface area contributed by atoms with Gasteiger partial charge < -0.3 is 28.7 Å². The Morgan fingerprint density at radius 3 is 1.96 bits per heavy atom. The lowest BCUT2D eigenvalue weighted by atomic mass is 9.80. The number of nitrogens with one attached hydrogen (secondary N) is 2. The number of nitrogens with zero attached hydrogens (tertiary/aromatic N) is 2. The summed E-state index contributed by atoms with van der Waals surface area (Å²) >= 11 is 0. The second-order valence-electron chi connectivity index (χ2n) is 14.9. The van der Waals surface area contributed by atoms with Crippen LogP contribution in [0.15, 0.2) is 101 Å². The second-order valence-corrected chi connectivity index (χ2v) is 19.7. The predicted molar refractivity (Wildman–Crippen MR) is 214 cm³/mol. The molecule has 0 amide bonds. The molecule has 1 saturated heterocycles. The third-order valence-electron chi connectivity index (χ3n) is 10.7. The minimum absolute atomic E-state index is 0.0179. The summed E-state index contributed by atoms with van der Waals surface area (Å²) in [6.07, 6.45) is -0.636. The number of H-pyrrole nitrogens is 1. The van der Waals surface area contributed by atoms with Crippen molar-refractivity contribution in [2.24, 2.45) is 0 Å². The lowest BCUT2D eigenvalue weighted by Gasteiger charge is -2.39.